The Morgan fingerprint density at radius 1 is 0.944 bits per heavy atom. The van der Waals surface area contributed by atoms with E-state index in [0.717, 1.165) is 36.3 Å². The van der Waals surface area contributed by atoms with Gasteiger partial charge in [0.25, 0.3) is 0 Å². The van der Waals surface area contributed by atoms with Gasteiger partial charge in [0.2, 0.25) is 10.0 Å². The third-order valence-corrected chi connectivity index (χ3v) is 9.47. The number of benzene rings is 3. The summed E-state index contributed by atoms with van der Waals surface area (Å²) in [6.07, 6.45) is 5.47. The first kappa shape index (κ1) is 24.6. The van der Waals surface area contributed by atoms with Crippen LogP contribution in [0.5, 0.6) is 0 Å². The van der Waals surface area contributed by atoms with Gasteiger partial charge in [0, 0.05) is 44.0 Å². The Kier molecular flexibility index (Phi) is 6.91. The van der Waals surface area contributed by atoms with Gasteiger partial charge in [-0.25, -0.2) is 8.42 Å². The molecule has 3 unspecified atom stereocenters. The third kappa shape index (κ3) is 4.56. The van der Waals surface area contributed by atoms with E-state index in [1.54, 1.807) is 13.1 Å². The molecule has 0 bridgehead atoms. The third-order valence-electron chi connectivity index (χ3n) is 7.67. The molecule has 0 spiro atoms. The molecule has 0 aromatic heterocycles. The summed E-state index contributed by atoms with van der Waals surface area (Å²) in [5.41, 5.74) is 5.58. The average Bonchev–Trinajstić information content (AvgIpc) is 3.40. The maximum atomic E-state index is 13.4. The van der Waals surface area contributed by atoms with Crippen LogP contribution in [0.2, 0.25) is 0 Å². The summed E-state index contributed by atoms with van der Waals surface area (Å²) < 4.78 is 28.3. The summed E-state index contributed by atoms with van der Waals surface area (Å²) in [4.78, 5) is 2.70. The van der Waals surface area contributed by atoms with Gasteiger partial charge in [-0.2, -0.15) is 4.31 Å². The van der Waals surface area contributed by atoms with Crippen molar-refractivity contribution >= 4 is 21.4 Å². The van der Waals surface area contributed by atoms with Crippen LogP contribution in [0.15, 0.2) is 89.8 Å². The summed E-state index contributed by atoms with van der Waals surface area (Å²) in [5, 5.41) is 3.75. The van der Waals surface area contributed by atoms with Crippen molar-refractivity contribution in [3.8, 4) is 0 Å². The number of anilines is 2. The van der Waals surface area contributed by atoms with Crippen molar-refractivity contribution in [2.75, 3.05) is 30.4 Å². The maximum Gasteiger partial charge on any atom is 0.243 e. The number of nitrogens with zero attached hydrogens (tertiary/aromatic N) is 2. The highest BCUT2D eigenvalue weighted by atomic mass is 32.2. The molecule has 5 rings (SSSR count). The lowest BCUT2D eigenvalue weighted by Crippen LogP contribution is -2.30. The largest absolute Gasteiger partial charge is 0.378 e. The van der Waals surface area contributed by atoms with Crippen molar-refractivity contribution in [1.82, 2.24) is 4.31 Å². The quantitative estimate of drug-likeness (QED) is 0.375. The predicted octanol–water partition coefficient (Wildman–Crippen LogP) is 6.18. The summed E-state index contributed by atoms with van der Waals surface area (Å²) >= 11 is 0. The maximum absolute atomic E-state index is 13.4. The van der Waals surface area contributed by atoms with Crippen molar-refractivity contribution in [3.63, 3.8) is 0 Å². The number of fused-ring (bicyclic) bond motifs is 3. The Labute approximate surface area is 215 Å². The number of rotatable bonds is 8. The smallest absolute Gasteiger partial charge is 0.243 e. The molecule has 1 heterocycles. The van der Waals surface area contributed by atoms with Crippen molar-refractivity contribution < 1.29 is 8.42 Å². The van der Waals surface area contributed by atoms with Crippen molar-refractivity contribution in [2.24, 2.45) is 5.92 Å². The molecule has 0 saturated heterocycles. The van der Waals surface area contributed by atoms with Crippen molar-refractivity contribution in [1.29, 1.82) is 0 Å². The second-order valence-electron chi connectivity index (χ2n) is 9.74. The molecule has 0 fully saturated rings. The number of nitrogens with one attached hydrogen (secondary N) is 1. The Morgan fingerprint density at radius 2 is 1.67 bits per heavy atom. The minimum atomic E-state index is -3.61. The molecule has 2 aliphatic rings. The summed E-state index contributed by atoms with van der Waals surface area (Å²) in [5.74, 6) is 0.556. The molecular formula is C30H35N3O2S. The number of sulfonamides is 1. The first-order valence-corrected chi connectivity index (χ1v) is 14.3. The molecule has 3 atom stereocenters. The molecule has 188 valence electrons. The Balaban J connectivity index is 1.42. The fourth-order valence-electron chi connectivity index (χ4n) is 5.65. The molecule has 1 N–H and O–H groups in total. The molecule has 5 nitrogen and oxygen atoms in total. The van der Waals surface area contributed by atoms with Crippen LogP contribution in [-0.4, -0.2) is 32.9 Å². The van der Waals surface area contributed by atoms with Crippen molar-refractivity contribution in [2.45, 2.75) is 43.7 Å². The van der Waals surface area contributed by atoms with E-state index in [0.29, 0.717) is 17.4 Å². The lowest BCUT2D eigenvalue weighted by Gasteiger charge is -2.38. The monoisotopic (exact) mass is 501 g/mol. The number of hydrogen-bond donors (Lipinski definition) is 1. The van der Waals surface area contributed by atoms with Crippen LogP contribution in [0.3, 0.4) is 0 Å². The zero-order chi connectivity index (χ0) is 25.3. The van der Waals surface area contributed by atoms with Crippen LogP contribution in [0.25, 0.3) is 0 Å². The van der Waals surface area contributed by atoms with Gasteiger partial charge in [-0.15, -0.1) is 0 Å². The van der Waals surface area contributed by atoms with Gasteiger partial charge in [0.15, 0.2) is 0 Å². The van der Waals surface area contributed by atoms with Gasteiger partial charge in [0.1, 0.15) is 0 Å². The standard InChI is InChI=1S/C30H35N3O2S/c1-4-33(5-2)24-16-14-23(15-17-24)30-27-13-9-12-26(27)28-20-25(18-19-29(28)31-30)36(34,35)32(3)21-22-10-7-6-8-11-22/h6-12,14-20,26-27,30-31H,4-5,13,21H2,1-3H3. The molecule has 6 heteroatoms. The Hall–Kier alpha value is -3.09. The van der Waals surface area contributed by atoms with E-state index < -0.39 is 10.0 Å². The molecule has 1 aliphatic carbocycles. The second kappa shape index (κ2) is 10.1. The predicted molar refractivity (Wildman–Crippen MR) is 148 cm³/mol. The molecule has 3 aromatic carbocycles. The van der Waals surface area contributed by atoms with Gasteiger partial charge < -0.3 is 10.2 Å². The molecule has 36 heavy (non-hydrogen) atoms. The zero-order valence-electron chi connectivity index (χ0n) is 21.3. The normalized spacial score (nSPS) is 20.6. The Morgan fingerprint density at radius 3 is 2.36 bits per heavy atom. The second-order valence-corrected chi connectivity index (χ2v) is 11.8. The lowest BCUT2D eigenvalue weighted by molar-refractivity contribution is 0.424. The van der Waals surface area contributed by atoms with Crippen LogP contribution < -0.4 is 10.2 Å². The minimum absolute atomic E-state index is 0.187. The van der Waals surface area contributed by atoms with E-state index in [9.17, 15) is 8.42 Å². The summed E-state index contributed by atoms with van der Waals surface area (Å²) in [6, 6.07) is 24.4. The van der Waals surface area contributed by atoms with E-state index in [1.807, 2.05) is 42.5 Å². The summed E-state index contributed by atoms with van der Waals surface area (Å²) in [7, 11) is -1.96. The first-order valence-electron chi connectivity index (χ1n) is 12.8. The Bertz CT molecular complexity index is 1330. The fourth-order valence-corrected chi connectivity index (χ4v) is 6.84. The number of hydrogen-bond acceptors (Lipinski definition) is 4. The van der Waals surface area contributed by atoms with Crippen LogP contribution in [0.1, 0.15) is 48.9 Å². The topological polar surface area (TPSA) is 52.7 Å². The highest BCUT2D eigenvalue weighted by Gasteiger charge is 2.38. The molecular weight excluding hydrogens is 466 g/mol. The molecule has 0 amide bonds. The van der Waals surface area contributed by atoms with E-state index in [4.69, 9.17) is 0 Å². The van der Waals surface area contributed by atoms with Crippen LogP contribution in [-0.2, 0) is 16.6 Å². The molecule has 0 saturated carbocycles. The average molecular weight is 502 g/mol. The summed E-state index contributed by atoms with van der Waals surface area (Å²) in [6.45, 7) is 6.69. The number of allylic oxidation sites excluding steroid dienone is 2. The van der Waals surface area contributed by atoms with E-state index in [-0.39, 0.29) is 12.0 Å². The van der Waals surface area contributed by atoms with Crippen LogP contribution in [0, 0.1) is 5.92 Å². The van der Waals surface area contributed by atoms with Gasteiger partial charge in [-0.05, 0) is 73.2 Å². The van der Waals surface area contributed by atoms with E-state index in [2.05, 4.69) is 60.5 Å². The zero-order valence-corrected chi connectivity index (χ0v) is 22.1. The lowest BCUT2D eigenvalue weighted by atomic mass is 9.77. The molecule has 3 aromatic rings. The fraction of sp³-hybridized carbons (Fsp3) is 0.333. The highest BCUT2D eigenvalue weighted by Crippen LogP contribution is 2.50. The molecule has 0 radical (unpaired) electrons. The SMILES string of the molecule is CCN(CC)c1ccc(C2Nc3ccc(S(=O)(=O)N(C)Cc4ccccc4)cc3C3C=CCC32)cc1. The first-order chi connectivity index (χ1) is 17.4. The van der Waals surface area contributed by atoms with E-state index in [1.165, 1.54) is 15.6 Å². The van der Waals surface area contributed by atoms with E-state index >= 15 is 0 Å². The van der Waals surface area contributed by atoms with Gasteiger partial charge in [-0.3, -0.25) is 0 Å². The highest BCUT2D eigenvalue weighted by molar-refractivity contribution is 7.89. The van der Waals surface area contributed by atoms with Crippen LogP contribution >= 0.6 is 0 Å². The van der Waals surface area contributed by atoms with Crippen molar-refractivity contribution in [3.05, 3.63) is 102 Å². The van der Waals surface area contributed by atoms with Crippen LogP contribution in [0.4, 0.5) is 11.4 Å². The van der Waals surface area contributed by atoms with Gasteiger partial charge >= 0.3 is 0 Å². The van der Waals surface area contributed by atoms with Gasteiger partial charge in [0.05, 0.1) is 10.9 Å². The minimum Gasteiger partial charge on any atom is -0.378 e. The van der Waals surface area contributed by atoms with Gasteiger partial charge in [-0.1, -0.05) is 54.6 Å². The molecule has 1 aliphatic heterocycles.